The normalized spacial score (nSPS) is 13.0. The first kappa shape index (κ1) is 9.39. The smallest absolute Gasteiger partial charge is 0.320 e. The van der Waals surface area contributed by atoms with E-state index in [-0.39, 0.29) is 0 Å². The maximum atomic E-state index is 10.1. The summed E-state index contributed by atoms with van der Waals surface area (Å²) in [5.41, 5.74) is 10.4. The third kappa shape index (κ3) is 4.29. The number of carboxylic acid groups (broad SMARTS) is 1. The number of unbranched alkanes of at least 4 members (excludes halogenated alkanes) is 1. The van der Waals surface area contributed by atoms with E-state index >= 15 is 0 Å². The minimum absolute atomic E-state index is 0.520. The van der Waals surface area contributed by atoms with E-state index in [0.29, 0.717) is 13.0 Å². The summed E-state index contributed by atoms with van der Waals surface area (Å²) < 4.78 is 0. The number of nitrogens with two attached hydrogens (primary N) is 2. The van der Waals surface area contributed by atoms with Gasteiger partial charge in [-0.05, 0) is 19.4 Å². The zero-order valence-electron chi connectivity index (χ0n) is 5.92. The SMILES string of the molecule is NCCCC[13CH](N)[13C](=O)O. The second-order valence-corrected chi connectivity index (χ2v) is 2.23. The van der Waals surface area contributed by atoms with Crippen LogP contribution >= 0.6 is 0 Å². The lowest BCUT2D eigenvalue weighted by Crippen LogP contribution is -2.29. The van der Waals surface area contributed by atoms with E-state index in [2.05, 4.69) is 0 Å². The molecule has 60 valence electrons. The van der Waals surface area contributed by atoms with Crippen LogP contribution in [0.5, 0.6) is 0 Å². The van der Waals surface area contributed by atoms with Gasteiger partial charge >= 0.3 is 5.97 Å². The number of aliphatic carboxylic acids is 1. The molecule has 1 unspecified atom stereocenters. The van der Waals surface area contributed by atoms with Crippen LogP contribution in [0.1, 0.15) is 19.3 Å². The predicted molar refractivity (Wildman–Crippen MR) is 38.5 cm³/mol. The van der Waals surface area contributed by atoms with E-state index in [9.17, 15) is 4.79 Å². The molecule has 0 radical (unpaired) electrons. The van der Waals surface area contributed by atoms with E-state index in [0.717, 1.165) is 12.8 Å². The van der Waals surface area contributed by atoms with Gasteiger partial charge in [0.05, 0.1) is 0 Å². The van der Waals surface area contributed by atoms with Crippen molar-refractivity contribution in [2.75, 3.05) is 6.54 Å². The first-order chi connectivity index (χ1) is 4.68. The van der Waals surface area contributed by atoms with Crippen molar-refractivity contribution in [3.8, 4) is 0 Å². The molecule has 0 rings (SSSR count). The molecule has 0 saturated heterocycles. The fourth-order valence-corrected chi connectivity index (χ4v) is 0.632. The summed E-state index contributed by atoms with van der Waals surface area (Å²) in [4.78, 5) is 10.1. The molecule has 0 aliphatic heterocycles. The summed E-state index contributed by atoms with van der Waals surface area (Å²) in [6.45, 7) is 0.604. The predicted octanol–water partition coefficient (Wildman–Crippen LogP) is -0.473. The van der Waals surface area contributed by atoms with Crippen molar-refractivity contribution in [3.05, 3.63) is 0 Å². The van der Waals surface area contributed by atoms with Crippen LogP contribution in [0.25, 0.3) is 0 Å². The molecule has 0 aliphatic carbocycles. The van der Waals surface area contributed by atoms with Crippen LogP contribution < -0.4 is 11.5 Å². The highest BCUT2D eigenvalue weighted by molar-refractivity contribution is 5.72. The summed E-state index contributed by atoms with van der Waals surface area (Å²) in [6.07, 6.45) is 2.16. The zero-order chi connectivity index (χ0) is 7.98. The van der Waals surface area contributed by atoms with Gasteiger partial charge in [0.25, 0.3) is 0 Å². The van der Waals surface area contributed by atoms with Crippen molar-refractivity contribution in [1.82, 2.24) is 0 Å². The molecular weight excluding hydrogens is 134 g/mol. The van der Waals surface area contributed by atoms with E-state index in [1.54, 1.807) is 0 Å². The fraction of sp³-hybridized carbons (Fsp3) is 0.833. The minimum Gasteiger partial charge on any atom is -0.480 e. The van der Waals surface area contributed by atoms with E-state index in [1.165, 1.54) is 0 Å². The summed E-state index contributed by atoms with van der Waals surface area (Å²) in [5.74, 6) is -0.933. The van der Waals surface area contributed by atoms with Gasteiger partial charge in [-0.2, -0.15) is 0 Å². The highest BCUT2D eigenvalue weighted by Crippen LogP contribution is 1.96. The molecule has 1 atom stereocenters. The molecule has 0 saturated carbocycles. The number of hydrogen-bond donors (Lipinski definition) is 3. The standard InChI is InChI=1S/C6H14N2O2/c7-4-2-1-3-5(8)6(9)10/h5H,1-4,7-8H2,(H,9,10)/i5+1,6+1. The fourth-order valence-electron chi connectivity index (χ4n) is 0.632. The first-order valence-electron chi connectivity index (χ1n) is 3.37. The second kappa shape index (κ2) is 5.20. The Labute approximate surface area is 60.2 Å². The Bertz CT molecular complexity index is 106. The Morgan fingerprint density at radius 2 is 2.10 bits per heavy atom. The molecule has 0 aromatic heterocycles. The van der Waals surface area contributed by atoms with Crippen LogP contribution in [0.4, 0.5) is 0 Å². The van der Waals surface area contributed by atoms with E-state index in [4.69, 9.17) is 16.6 Å². The average molecular weight is 148 g/mol. The van der Waals surface area contributed by atoms with Gasteiger partial charge in [0.2, 0.25) is 0 Å². The molecule has 0 bridgehead atoms. The number of hydrogen-bond acceptors (Lipinski definition) is 3. The third-order valence-electron chi connectivity index (χ3n) is 1.29. The van der Waals surface area contributed by atoms with E-state index < -0.39 is 12.0 Å². The van der Waals surface area contributed by atoms with Gasteiger partial charge in [-0.1, -0.05) is 6.42 Å². The van der Waals surface area contributed by atoms with Crippen molar-refractivity contribution in [2.24, 2.45) is 11.5 Å². The molecule has 4 heteroatoms. The van der Waals surface area contributed by atoms with E-state index in [1.807, 2.05) is 0 Å². The van der Waals surface area contributed by atoms with Gasteiger partial charge < -0.3 is 16.6 Å². The molecule has 5 N–H and O–H groups in total. The summed E-state index contributed by atoms with van der Waals surface area (Å²) in [6, 6.07) is -0.716. The molecule has 10 heavy (non-hydrogen) atoms. The van der Waals surface area contributed by atoms with Crippen LogP contribution in [-0.4, -0.2) is 23.7 Å². The Balaban J connectivity index is 3.21. The quantitative estimate of drug-likeness (QED) is 0.363. The molecule has 0 aromatic carbocycles. The number of rotatable bonds is 5. The van der Waals surface area contributed by atoms with Crippen molar-refractivity contribution in [3.63, 3.8) is 0 Å². The molecule has 0 aliphatic rings. The molecule has 4 nitrogen and oxygen atoms in total. The monoisotopic (exact) mass is 148 g/mol. The highest BCUT2D eigenvalue weighted by atomic mass is 16.5. The van der Waals surface area contributed by atoms with Crippen LogP contribution in [0.3, 0.4) is 0 Å². The molecular formula is C6H14N2O2. The Kier molecular flexibility index (Phi) is 4.88. The van der Waals surface area contributed by atoms with Crippen molar-refractivity contribution >= 4 is 5.97 Å². The number of carbonyl (C=O) groups is 1. The van der Waals surface area contributed by atoms with Crippen LogP contribution in [0.2, 0.25) is 0 Å². The highest BCUT2D eigenvalue weighted by Gasteiger charge is 2.09. The van der Waals surface area contributed by atoms with Crippen LogP contribution in [0.15, 0.2) is 0 Å². The van der Waals surface area contributed by atoms with Crippen molar-refractivity contribution in [1.29, 1.82) is 0 Å². The molecule has 0 fully saturated rings. The minimum atomic E-state index is -0.933. The van der Waals surface area contributed by atoms with Gasteiger partial charge in [-0.3, -0.25) is 4.79 Å². The van der Waals surface area contributed by atoms with Gasteiger partial charge in [-0.25, -0.2) is 0 Å². The molecule has 0 heterocycles. The van der Waals surface area contributed by atoms with Crippen molar-refractivity contribution in [2.45, 2.75) is 25.3 Å². The van der Waals surface area contributed by atoms with Crippen LogP contribution in [0, 0.1) is 0 Å². The molecule has 0 amide bonds. The molecule has 0 aromatic rings. The van der Waals surface area contributed by atoms with Crippen molar-refractivity contribution < 1.29 is 9.90 Å². The lowest BCUT2D eigenvalue weighted by molar-refractivity contribution is -0.138. The Morgan fingerprint density at radius 1 is 1.50 bits per heavy atom. The zero-order valence-corrected chi connectivity index (χ0v) is 5.92. The van der Waals surface area contributed by atoms with Gasteiger partial charge in [0.1, 0.15) is 6.04 Å². The lowest BCUT2D eigenvalue weighted by Gasteiger charge is -2.03. The molecule has 0 spiro atoms. The topological polar surface area (TPSA) is 89.3 Å². The summed E-state index contributed by atoms with van der Waals surface area (Å²) in [5, 5.41) is 8.33. The maximum Gasteiger partial charge on any atom is 0.320 e. The summed E-state index contributed by atoms with van der Waals surface area (Å²) in [7, 11) is 0. The first-order valence-corrected chi connectivity index (χ1v) is 3.37. The second-order valence-electron chi connectivity index (χ2n) is 2.23. The Morgan fingerprint density at radius 3 is 2.50 bits per heavy atom. The Hall–Kier alpha value is -0.610. The lowest BCUT2D eigenvalue weighted by atomic mass is 10.3. The van der Waals surface area contributed by atoms with Gasteiger partial charge in [0.15, 0.2) is 0 Å². The summed E-state index contributed by atoms with van der Waals surface area (Å²) >= 11 is 0. The van der Waals surface area contributed by atoms with Gasteiger partial charge in [-0.15, -0.1) is 0 Å². The number of carboxylic acids is 1. The average Bonchev–Trinajstić information content (AvgIpc) is 1.88. The van der Waals surface area contributed by atoms with Crippen LogP contribution in [-0.2, 0) is 4.79 Å². The van der Waals surface area contributed by atoms with Gasteiger partial charge in [0, 0.05) is 0 Å². The maximum absolute atomic E-state index is 10.1. The third-order valence-corrected chi connectivity index (χ3v) is 1.29. The largest absolute Gasteiger partial charge is 0.480 e.